The molecule has 0 bridgehead atoms. The van der Waals surface area contributed by atoms with Gasteiger partial charge < -0.3 is 20.7 Å². The van der Waals surface area contributed by atoms with Crippen molar-refractivity contribution in [1.82, 2.24) is 0 Å². The average molecular weight is 594 g/mol. The third-order valence-corrected chi connectivity index (χ3v) is 9.22. The van der Waals surface area contributed by atoms with Crippen molar-refractivity contribution >= 4 is 74.5 Å². The van der Waals surface area contributed by atoms with Gasteiger partial charge in [-0.05, 0) is 60.7 Å². The second-order valence-electron chi connectivity index (χ2n) is 8.54. The lowest BCUT2D eigenvalue weighted by molar-refractivity contribution is -0.115. The molecule has 11 heteroatoms. The molecule has 0 fully saturated rings. The molecule has 3 N–H and O–H groups in total. The second kappa shape index (κ2) is 13.4. The molecule has 3 amide bonds. The molecule has 0 aliphatic rings. The number of thiophene rings is 2. The fourth-order valence-corrected chi connectivity index (χ4v) is 6.53. The molecule has 2 heterocycles. The first-order chi connectivity index (χ1) is 19.3. The van der Waals surface area contributed by atoms with Crippen molar-refractivity contribution in [3.05, 3.63) is 93.0 Å². The van der Waals surface area contributed by atoms with Crippen molar-refractivity contribution in [2.75, 3.05) is 23.1 Å². The van der Waals surface area contributed by atoms with Gasteiger partial charge in [-0.2, -0.15) is 0 Å². The maximum absolute atomic E-state index is 13.4. The van der Waals surface area contributed by atoms with E-state index in [4.69, 9.17) is 4.74 Å². The lowest BCUT2D eigenvalue weighted by Crippen LogP contribution is -2.25. The number of anilines is 3. The molecular formula is C29H27N3O5S3. The Hall–Kier alpha value is -3.93. The number of carbonyl (C=O) groups is 4. The average Bonchev–Trinajstić information content (AvgIpc) is 3.60. The molecule has 4 aromatic rings. The molecule has 0 saturated heterocycles. The Morgan fingerprint density at radius 3 is 2.30 bits per heavy atom. The number of rotatable bonds is 10. The van der Waals surface area contributed by atoms with Gasteiger partial charge in [0.25, 0.3) is 11.8 Å². The Morgan fingerprint density at radius 1 is 0.900 bits per heavy atom. The summed E-state index contributed by atoms with van der Waals surface area (Å²) in [5.74, 6) is -1.54. The van der Waals surface area contributed by atoms with Crippen LogP contribution in [0.25, 0.3) is 0 Å². The third kappa shape index (κ3) is 6.98. The number of para-hydroxylation sites is 1. The SMILES string of the molecule is CCC(Sc1cccc(NC(=O)c2cccs2)c1)C(=O)Nc1sc(C(=O)Nc2ccccc2)c(C)c1C(=O)OC. The van der Waals surface area contributed by atoms with Crippen molar-refractivity contribution in [2.24, 2.45) is 0 Å². The van der Waals surface area contributed by atoms with E-state index < -0.39 is 11.2 Å². The largest absolute Gasteiger partial charge is 0.465 e. The molecule has 1 atom stereocenters. The summed E-state index contributed by atoms with van der Waals surface area (Å²) in [5, 5.41) is 10.1. The molecular weight excluding hydrogens is 567 g/mol. The number of ether oxygens (including phenoxy) is 1. The molecule has 0 radical (unpaired) electrons. The van der Waals surface area contributed by atoms with Gasteiger partial charge >= 0.3 is 5.97 Å². The van der Waals surface area contributed by atoms with Crippen LogP contribution in [-0.4, -0.2) is 36.1 Å². The summed E-state index contributed by atoms with van der Waals surface area (Å²) in [5.41, 5.74) is 1.81. The minimum absolute atomic E-state index is 0.150. The van der Waals surface area contributed by atoms with E-state index in [0.717, 1.165) is 16.2 Å². The molecule has 40 heavy (non-hydrogen) atoms. The first-order valence-corrected chi connectivity index (χ1v) is 14.9. The van der Waals surface area contributed by atoms with Gasteiger partial charge in [0.05, 0.1) is 27.7 Å². The van der Waals surface area contributed by atoms with E-state index in [1.54, 1.807) is 43.3 Å². The van der Waals surface area contributed by atoms with Crippen LogP contribution in [0.2, 0.25) is 0 Å². The maximum atomic E-state index is 13.4. The number of nitrogens with one attached hydrogen (secondary N) is 3. The van der Waals surface area contributed by atoms with E-state index >= 15 is 0 Å². The number of carbonyl (C=O) groups excluding carboxylic acids is 4. The van der Waals surface area contributed by atoms with Crippen LogP contribution >= 0.6 is 34.4 Å². The zero-order chi connectivity index (χ0) is 28.6. The van der Waals surface area contributed by atoms with Gasteiger partial charge in [0.15, 0.2) is 0 Å². The normalized spacial score (nSPS) is 11.4. The van der Waals surface area contributed by atoms with Crippen LogP contribution in [0.1, 0.15) is 48.6 Å². The molecule has 0 aliphatic heterocycles. The van der Waals surface area contributed by atoms with E-state index in [1.165, 1.54) is 30.2 Å². The minimum atomic E-state index is -0.641. The Morgan fingerprint density at radius 2 is 1.62 bits per heavy atom. The predicted octanol–water partition coefficient (Wildman–Crippen LogP) is 6.92. The fourth-order valence-electron chi connectivity index (χ4n) is 3.80. The van der Waals surface area contributed by atoms with Gasteiger partial charge in [0.1, 0.15) is 5.00 Å². The van der Waals surface area contributed by atoms with Gasteiger partial charge in [0, 0.05) is 16.3 Å². The molecule has 0 aliphatic carbocycles. The quantitative estimate of drug-likeness (QED) is 0.136. The second-order valence-corrected chi connectivity index (χ2v) is 11.8. The van der Waals surface area contributed by atoms with E-state index in [9.17, 15) is 19.2 Å². The molecule has 4 rings (SSSR count). The van der Waals surface area contributed by atoms with Crippen molar-refractivity contribution in [1.29, 1.82) is 0 Å². The first-order valence-electron chi connectivity index (χ1n) is 12.3. The summed E-state index contributed by atoms with van der Waals surface area (Å²) < 4.78 is 4.95. The van der Waals surface area contributed by atoms with Crippen LogP contribution in [0.15, 0.2) is 77.0 Å². The summed E-state index contributed by atoms with van der Waals surface area (Å²) in [4.78, 5) is 53.1. The van der Waals surface area contributed by atoms with Crippen molar-refractivity contribution < 1.29 is 23.9 Å². The van der Waals surface area contributed by atoms with Crippen LogP contribution in [0.4, 0.5) is 16.4 Å². The fraction of sp³-hybridized carbons (Fsp3) is 0.172. The summed E-state index contributed by atoms with van der Waals surface area (Å²) in [6.07, 6.45) is 0.502. The highest BCUT2D eigenvalue weighted by Crippen LogP contribution is 2.36. The van der Waals surface area contributed by atoms with Gasteiger partial charge in [0.2, 0.25) is 5.91 Å². The summed E-state index contributed by atoms with van der Waals surface area (Å²) in [6, 6.07) is 19.8. The number of hydrogen-bond acceptors (Lipinski definition) is 8. The van der Waals surface area contributed by atoms with Crippen molar-refractivity contribution in [3.8, 4) is 0 Å². The first kappa shape index (κ1) is 29.1. The lowest BCUT2D eigenvalue weighted by atomic mass is 10.1. The van der Waals surface area contributed by atoms with E-state index in [1.807, 2.05) is 42.6 Å². The Bertz CT molecular complexity index is 1520. The summed E-state index contributed by atoms with van der Waals surface area (Å²) in [7, 11) is 1.25. The molecule has 8 nitrogen and oxygen atoms in total. The van der Waals surface area contributed by atoms with Crippen LogP contribution in [0, 0.1) is 6.92 Å². The highest BCUT2D eigenvalue weighted by molar-refractivity contribution is 8.00. The molecule has 2 aromatic heterocycles. The van der Waals surface area contributed by atoms with Gasteiger partial charge in [-0.3, -0.25) is 14.4 Å². The molecule has 2 aromatic carbocycles. The van der Waals surface area contributed by atoms with Gasteiger partial charge in [-0.1, -0.05) is 37.3 Å². The van der Waals surface area contributed by atoms with Crippen LogP contribution < -0.4 is 16.0 Å². The number of thioether (sulfide) groups is 1. The third-order valence-electron chi connectivity index (χ3n) is 5.79. The zero-order valence-electron chi connectivity index (χ0n) is 22.0. The lowest BCUT2D eigenvalue weighted by Gasteiger charge is -2.15. The Labute approximate surface area is 244 Å². The summed E-state index contributed by atoms with van der Waals surface area (Å²) in [6.45, 7) is 3.54. The Kier molecular flexibility index (Phi) is 9.75. The minimum Gasteiger partial charge on any atom is -0.465 e. The summed E-state index contributed by atoms with van der Waals surface area (Å²) >= 11 is 3.73. The van der Waals surface area contributed by atoms with Crippen molar-refractivity contribution in [3.63, 3.8) is 0 Å². The number of benzene rings is 2. The highest BCUT2D eigenvalue weighted by atomic mass is 32.2. The maximum Gasteiger partial charge on any atom is 0.341 e. The topological polar surface area (TPSA) is 114 Å². The van der Waals surface area contributed by atoms with Crippen LogP contribution in [0.5, 0.6) is 0 Å². The van der Waals surface area contributed by atoms with E-state index in [-0.39, 0.29) is 28.3 Å². The number of esters is 1. The molecule has 0 saturated carbocycles. The zero-order valence-corrected chi connectivity index (χ0v) is 24.4. The van der Waals surface area contributed by atoms with E-state index in [2.05, 4.69) is 16.0 Å². The number of amides is 3. The van der Waals surface area contributed by atoms with Crippen LogP contribution in [0.3, 0.4) is 0 Å². The monoisotopic (exact) mass is 593 g/mol. The van der Waals surface area contributed by atoms with Gasteiger partial charge in [-0.15, -0.1) is 34.4 Å². The standard InChI is InChI=1S/C29H27N3O5S3/c1-4-21(39-20-13-8-12-19(16-20)31-26(34)22-14-9-15-38-22)25(33)32-28-23(29(36)37-3)17(2)24(40-28)27(35)30-18-10-6-5-7-11-18/h5-16,21H,4H2,1-3H3,(H,30,35)(H,31,34)(H,32,33). The molecule has 1 unspecified atom stereocenters. The van der Waals surface area contributed by atoms with Crippen LogP contribution in [-0.2, 0) is 9.53 Å². The molecule has 0 spiro atoms. The number of methoxy groups -OCH3 is 1. The number of hydrogen-bond donors (Lipinski definition) is 3. The molecule has 206 valence electrons. The smallest absolute Gasteiger partial charge is 0.341 e. The van der Waals surface area contributed by atoms with E-state index in [0.29, 0.717) is 33.1 Å². The predicted molar refractivity (Wildman–Crippen MR) is 162 cm³/mol. The van der Waals surface area contributed by atoms with Gasteiger partial charge in [-0.25, -0.2) is 4.79 Å². The Balaban J connectivity index is 1.50. The highest BCUT2D eigenvalue weighted by Gasteiger charge is 2.28. The van der Waals surface area contributed by atoms with Crippen molar-refractivity contribution in [2.45, 2.75) is 30.4 Å².